The van der Waals surface area contributed by atoms with E-state index in [9.17, 15) is 0 Å². The van der Waals surface area contributed by atoms with Crippen molar-refractivity contribution in [1.82, 2.24) is 10.2 Å². The zero-order valence-corrected chi connectivity index (χ0v) is 12.6. The van der Waals surface area contributed by atoms with Crippen LogP contribution in [0.5, 0.6) is 0 Å². The smallest absolute Gasteiger partial charge is 0.00227 e. The van der Waals surface area contributed by atoms with E-state index in [0.29, 0.717) is 11.8 Å². The van der Waals surface area contributed by atoms with Gasteiger partial charge >= 0.3 is 0 Å². The van der Waals surface area contributed by atoms with Crippen molar-refractivity contribution in [3.8, 4) is 0 Å². The van der Waals surface area contributed by atoms with Gasteiger partial charge in [-0.3, -0.25) is 0 Å². The molecule has 1 N–H and O–H groups in total. The van der Waals surface area contributed by atoms with Gasteiger partial charge in [-0.15, -0.1) is 0 Å². The zero-order valence-electron chi connectivity index (χ0n) is 12.6. The Morgan fingerprint density at radius 1 is 1.26 bits per heavy atom. The molecule has 1 heterocycles. The molecule has 0 aromatic heterocycles. The monoisotopic (exact) mass is 260 g/mol. The van der Waals surface area contributed by atoms with Gasteiger partial charge in [-0.1, -0.05) is 44.2 Å². The molecule has 1 saturated heterocycles. The number of hydrogen-bond donors (Lipinski definition) is 1. The summed E-state index contributed by atoms with van der Waals surface area (Å²) in [6, 6.07) is 10.9. The lowest BCUT2D eigenvalue weighted by molar-refractivity contribution is 0.380. The highest BCUT2D eigenvalue weighted by molar-refractivity contribution is 5.20. The number of rotatable bonds is 6. The van der Waals surface area contributed by atoms with Crippen molar-refractivity contribution in [3.05, 3.63) is 35.9 Å². The van der Waals surface area contributed by atoms with Crippen molar-refractivity contribution in [1.29, 1.82) is 0 Å². The number of nitrogens with zero attached hydrogens (tertiary/aromatic N) is 1. The van der Waals surface area contributed by atoms with E-state index in [4.69, 9.17) is 0 Å². The van der Waals surface area contributed by atoms with Crippen LogP contribution >= 0.6 is 0 Å². The number of likely N-dealkylation sites (tertiary alicyclic amines) is 1. The van der Waals surface area contributed by atoms with E-state index in [0.717, 1.165) is 12.5 Å². The Morgan fingerprint density at radius 3 is 2.58 bits per heavy atom. The van der Waals surface area contributed by atoms with Crippen LogP contribution in [0.3, 0.4) is 0 Å². The summed E-state index contributed by atoms with van der Waals surface area (Å²) in [5.41, 5.74) is 1.47. The molecule has 1 aliphatic rings. The summed E-state index contributed by atoms with van der Waals surface area (Å²) in [6.07, 6.45) is 1.35. The van der Waals surface area contributed by atoms with Gasteiger partial charge < -0.3 is 10.2 Å². The van der Waals surface area contributed by atoms with E-state index in [-0.39, 0.29) is 0 Å². The lowest BCUT2D eigenvalue weighted by Crippen LogP contribution is -2.30. The molecule has 19 heavy (non-hydrogen) atoms. The normalized spacial score (nSPS) is 22.0. The maximum Gasteiger partial charge on any atom is 0.00227 e. The summed E-state index contributed by atoms with van der Waals surface area (Å²) in [6.45, 7) is 9.43. The molecule has 0 bridgehead atoms. The van der Waals surface area contributed by atoms with Crippen LogP contribution in [-0.4, -0.2) is 38.1 Å². The van der Waals surface area contributed by atoms with Crippen LogP contribution in [0.4, 0.5) is 0 Å². The maximum absolute atomic E-state index is 3.70. The fourth-order valence-corrected chi connectivity index (χ4v) is 3.07. The third-order valence-electron chi connectivity index (χ3n) is 4.32. The standard InChI is InChI=1S/C17H28N2/c1-14(2)17(16-7-5-4-6-8-16)12-18-11-15-9-10-19(3)13-15/h4-8,14-15,17-18H,9-13H2,1-3H3. The van der Waals surface area contributed by atoms with Crippen molar-refractivity contribution in [2.24, 2.45) is 11.8 Å². The summed E-state index contributed by atoms with van der Waals surface area (Å²) in [5, 5.41) is 3.70. The highest BCUT2D eigenvalue weighted by atomic mass is 15.1. The van der Waals surface area contributed by atoms with Gasteiger partial charge in [0.05, 0.1) is 0 Å². The van der Waals surface area contributed by atoms with Gasteiger partial charge in [0.1, 0.15) is 0 Å². The van der Waals surface area contributed by atoms with Crippen LogP contribution in [0.2, 0.25) is 0 Å². The Balaban J connectivity index is 1.81. The molecule has 1 fully saturated rings. The maximum atomic E-state index is 3.70. The minimum atomic E-state index is 0.625. The van der Waals surface area contributed by atoms with Crippen LogP contribution in [0.15, 0.2) is 30.3 Å². The average Bonchev–Trinajstić information content (AvgIpc) is 2.81. The molecule has 2 unspecified atom stereocenters. The molecule has 106 valence electrons. The van der Waals surface area contributed by atoms with E-state index in [2.05, 4.69) is 61.4 Å². The molecular formula is C17H28N2. The van der Waals surface area contributed by atoms with Crippen molar-refractivity contribution >= 4 is 0 Å². The minimum absolute atomic E-state index is 0.625. The third-order valence-corrected chi connectivity index (χ3v) is 4.32. The second-order valence-corrected chi connectivity index (χ2v) is 6.34. The van der Waals surface area contributed by atoms with Crippen LogP contribution < -0.4 is 5.32 Å². The first-order valence-electron chi connectivity index (χ1n) is 7.61. The Labute approximate surface area is 118 Å². The Kier molecular flexibility index (Phi) is 5.41. The summed E-state index contributed by atoms with van der Waals surface area (Å²) in [4.78, 5) is 2.43. The predicted octanol–water partition coefficient (Wildman–Crippen LogP) is 2.97. The molecule has 0 spiro atoms. The Morgan fingerprint density at radius 2 is 2.00 bits per heavy atom. The molecular weight excluding hydrogens is 232 g/mol. The lowest BCUT2D eigenvalue weighted by Gasteiger charge is -2.23. The summed E-state index contributed by atoms with van der Waals surface area (Å²) in [5.74, 6) is 2.15. The van der Waals surface area contributed by atoms with Gasteiger partial charge in [0.25, 0.3) is 0 Å². The molecule has 1 aliphatic heterocycles. The molecule has 0 saturated carbocycles. The van der Waals surface area contributed by atoms with Gasteiger partial charge in [0.15, 0.2) is 0 Å². The van der Waals surface area contributed by atoms with Crippen LogP contribution in [0.1, 0.15) is 31.7 Å². The van der Waals surface area contributed by atoms with Gasteiger partial charge in [0.2, 0.25) is 0 Å². The molecule has 2 rings (SSSR count). The molecule has 0 aliphatic carbocycles. The second kappa shape index (κ2) is 7.06. The molecule has 2 atom stereocenters. The summed E-state index contributed by atoms with van der Waals surface area (Å²) >= 11 is 0. The highest BCUT2D eigenvalue weighted by Gasteiger charge is 2.20. The topological polar surface area (TPSA) is 15.3 Å². The molecule has 1 aromatic carbocycles. The molecule has 2 nitrogen and oxygen atoms in total. The molecule has 1 aromatic rings. The van der Waals surface area contributed by atoms with Gasteiger partial charge in [-0.05, 0) is 49.9 Å². The van der Waals surface area contributed by atoms with Crippen molar-refractivity contribution < 1.29 is 0 Å². The number of hydrogen-bond acceptors (Lipinski definition) is 2. The van der Waals surface area contributed by atoms with Gasteiger partial charge in [-0.2, -0.15) is 0 Å². The fourth-order valence-electron chi connectivity index (χ4n) is 3.07. The fraction of sp³-hybridized carbons (Fsp3) is 0.647. The summed E-state index contributed by atoms with van der Waals surface area (Å²) in [7, 11) is 2.22. The first-order valence-corrected chi connectivity index (χ1v) is 7.61. The average molecular weight is 260 g/mol. The SMILES string of the molecule is CC(C)C(CNCC1CCN(C)C1)c1ccccc1. The van der Waals surface area contributed by atoms with E-state index in [1.807, 2.05) is 0 Å². The molecule has 0 radical (unpaired) electrons. The lowest BCUT2D eigenvalue weighted by atomic mass is 9.88. The van der Waals surface area contributed by atoms with E-state index in [1.165, 1.54) is 31.6 Å². The first kappa shape index (κ1) is 14.5. The van der Waals surface area contributed by atoms with Crippen molar-refractivity contribution in [2.45, 2.75) is 26.2 Å². The van der Waals surface area contributed by atoms with Crippen molar-refractivity contribution in [3.63, 3.8) is 0 Å². The third kappa shape index (κ3) is 4.32. The molecule has 2 heteroatoms. The Bertz CT molecular complexity index is 361. The number of benzene rings is 1. The Hall–Kier alpha value is -0.860. The van der Waals surface area contributed by atoms with Crippen LogP contribution in [-0.2, 0) is 0 Å². The quantitative estimate of drug-likeness (QED) is 0.846. The van der Waals surface area contributed by atoms with Crippen molar-refractivity contribution in [2.75, 3.05) is 33.2 Å². The van der Waals surface area contributed by atoms with Crippen LogP contribution in [0.25, 0.3) is 0 Å². The predicted molar refractivity (Wildman–Crippen MR) is 82.5 cm³/mol. The second-order valence-electron chi connectivity index (χ2n) is 6.34. The van der Waals surface area contributed by atoms with E-state index >= 15 is 0 Å². The molecule has 0 amide bonds. The van der Waals surface area contributed by atoms with E-state index < -0.39 is 0 Å². The first-order chi connectivity index (χ1) is 9.16. The minimum Gasteiger partial charge on any atom is -0.316 e. The van der Waals surface area contributed by atoms with Crippen LogP contribution in [0, 0.1) is 11.8 Å². The van der Waals surface area contributed by atoms with E-state index in [1.54, 1.807) is 0 Å². The van der Waals surface area contributed by atoms with Gasteiger partial charge in [-0.25, -0.2) is 0 Å². The number of nitrogens with one attached hydrogen (secondary N) is 1. The summed E-state index contributed by atoms with van der Waals surface area (Å²) < 4.78 is 0. The van der Waals surface area contributed by atoms with Gasteiger partial charge in [0, 0.05) is 13.1 Å². The highest BCUT2D eigenvalue weighted by Crippen LogP contribution is 2.23. The zero-order chi connectivity index (χ0) is 13.7. The largest absolute Gasteiger partial charge is 0.316 e.